The van der Waals surface area contributed by atoms with E-state index in [1.165, 1.54) is 4.31 Å². The number of piperazine rings is 1. The predicted octanol–water partition coefficient (Wildman–Crippen LogP) is 3.37. The van der Waals surface area contributed by atoms with E-state index in [1.807, 2.05) is 35.2 Å². The lowest BCUT2D eigenvalue weighted by Crippen LogP contribution is -2.46. The Morgan fingerprint density at radius 3 is 2.44 bits per heavy atom. The molecule has 3 N–H and O–H groups in total. The summed E-state index contributed by atoms with van der Waals surface area (Å²) in [5.41, 5.74) is 9.97. The number of fused-ring (bicyclic) bond motifs is 1. The van der Waals surface area contributed by atoms with Crippen molar-refractivity contribution in [1.29, 1.82) is 0 Å². The van der Waals surface area contributed by atoms with Gasteiger partial charge in [0.2, 0.25) is 15.9 Å². The number of aliphatic imine (C=N–C) groups is 1. The van der Waals surface area contributed by atoms with Crippen molar-refractivity contribution in [2.75, 3.05) is 39.3 Å². The van der Waals surface area contributed by atoms with E-state index in [0.717, 1.165) is 29.5 Å². The maximum absolute atomic E-state index is 13.2. The molecule has 0 aromatic heterocycles. The molecule has 8 nitrogen and oxygen atoms in total. The molecule has 0 unspecified atom stereocenters. The molecule has 2 heterocycles. The van der Waals surface area contributed by atoms with Crippen LogP contribution < -0.4 is 11.1 Å². The first-order chi connectivity index (χ1) is 17.3. The Morgan fingerprint density at radius 1 is 1.06 bits per heavy atom. The Balaban J connectivity index is 1.66. The summed E-state index contributed by atoms with van der Waals surface area (Å²) < 4.78 is 27.8. The maximum atomic E-state index is 13.2. The summed E-state index contributed by atoms with van der Waals surface area (Å²) in [6, 6.07) is 12.8. The van der Waals surface area contributed by atoms with Gasteiger partial charge in [-0.05, 0) is 48.2 Å². The van der Waals surface area contributed by atoms with Crippen molar-refractivity contribution in [3.63, 3.8) is 0 Å². The van der Waals surface area contributed by atoms with Gasteiger partial charge in [-0.1, -0.05) is 38.1 Å². The molecule has 1 amide bonds. The molecular weight excluding hydrogens is 474 g/mol. The van der Waals surface area contributed by atoms with E-state index in [-0.39, 0.29) is 10.8 Å². The average molecular weight is 510 g/mol. The van der Waals surface area contributed by atoms with Gasteiger partial charge in [0.1, 0.15) is 5.84 Å². The van der Waals surface area contributed by atoms with Gasteiger partial charge in [0.25, 0.3) is 0 Å². The molecule has 0 radical (unpaired) electrons. The van der Waals surface area contributed by atoms with Gasteiger partial charge >= 0.3 is 0 Å². The van der Waals surface area contributed by atoms with E-state index in [4.69, 9.17) is 5.73 Å². The molecule has 2 aromatic carbocycles. The minimum Gasteiger partial charge on any atom is -0.387 e. The van der Waals surface area contributed by atoms with Crippen molar-refractivity contribution >= 4 is 33.5 Å². The third-order valence-corrected chi connectivity index (χ3v) is 8.32. The van der Waals surface area contributed by atoms with Crippen molar-refractivity contribution < 1.29 is 13.2 Å². The summed E-state index contributed by atoms with van der Waals surface area (Å²) in [6.45, 7) is 7.76. The van der Waals surface area contributed by atoms with Crippen molar-refractivity contribution in [2.24, 2.45) is 10.7 Å². The topological polar surface area (TPSA) is 108 Å². The number of hydrogen-bond donors (Lipinski definition) is 2. The number of sulfonamides is 1. The van der Waals surface area contributed by atoms with E-state index < -0.39 is 10.0 Å². The summed E-state index contributed by atoms with van der Waals surface area (Å²) >= 11 is 0. The monoisotopic (exact) mass is 509 g/mol. The van der Waals surface area contributed by atoms with Gasteiger partial charge in [-0.15, -0.1) is 0 Å². The van der Waals surface area contributed by atoms with Crippen LogP contribution in [-0.4, -0.2) is 68.6 Å². The highest BCUT2D eigenvalue weighted by atomic mass is 32.2. The van der Waals surface area contributed by atoms with Crippen LogP contribution in [0, 0.1) is 0 Å². The number of hydrogen-bond acceptors (Lipinski definition) is 6. The highest BCUT2D eigenvalue weighted by Crippen LogP contribution is 2.33. The fourth-order valence-electron chi connectivity index (χ4n) is 4.64. The molecule has 0 bridgehead atoms. The quantitative estimate of drug-likeness (QED) is 0.567. The normalized spacial score (nSPS) is 16.5. The van der Waals surface area contributed by atoms with Gasteiger partial charge in [-0.3, -0.25) is 4.79 Å². The number of amides is 1. The molecule has 1 fully saturated rings. The van der Waals surface area contributed by atoms with E-state index in [2.05, 4.69) is 24.2 Å². The molecule has 0 aliphatic carbocycles. The number of carbonyl (C=O) groups is 1. The smallest absolute Gasteiger partial charge is 0.250 e. The first-order valence-electron chi connectivity index (χ1n) is 12.6. The number of benzene rings is 2. The Labute approximate surface area is 213 Å². The third-order valence-electron chi connectivity index (χ3n) is 6.43. The zero-order valence-corrected chi connectivity index (χ0v) is 21.9. The zero-order valence-electron chi connectivity index (χ0n) is 21.0. The molecule has 36 heavy (non-hydrogen) atoms. The van der Waals surface area contributed by atoms with Gasteiger partial charge in [0.15, 0.2) is 0 Å². The van der Waals surface area contributed by atoms with Crippen molar-refractivity contribution in [3.05, 3.63) is 53.6 Å². The van der Waals surface area contributed by atoms with Crippen LogP contribution in [0.1, 0.15) is 38.7 Å². The molecule has 2 aromatic rings. The lowest BCUT2D eigenvalue weighted by molar-refractivity contribution is -0.127. The van der Waals surface area contributed by atoms with Gasteiger partial charge in [0, 0.05) is 56.8 Å². The molecule has 9 heteroatoms. The molecule has 1 saturated heterocycles. The maximum Gasteiger partial charge on any atom is 0.250 e. The molecule has 2 aliphatic rings. The highest BCUT2D eigenvalue weighted by molar-refractivity contribution is 7.89. The van der Waals surface area contributed by atoms with Crippen molar-refractivity contribution in [3.8, 4) is 11.1 Å². The minimum atomic E-state index is -3.56. The molecule has 0 spiro atoms. The average Bonchev–Trinajstić information content (AvgIpc) is 3.06. The Kier molecular flexibility index (Phi) is 8.23. The summed E-state index contributed by atoms with van der Waals surface area (Å²) in [5.74, 6) is 0.382. The van der Waals surface area contributed by atoms with Gasteiger partial charge < -0.3 is 16.0 Å². The first-order valence-corrected chi connectivity index (χ1v) is 14.1. The molecule has 2 aliphatic heterocycles. The van der Waals surface area contributed by atoms with E-state index in [0.29, 0.717) is 62.8 Å². The number of nitrogens with zero attached hydrogens (tertiary/aromatic N) is 3. The van der Waals surface area contributed by atoms with Crippen LogP contribution in [0.15, 0.2) is 57.9 Å². The molecule has 0 saturated carbocycles. The third kappa shape index (κ3) is 5.69. The van der Waals surface area contributed by atoms with Crippen molar-refractivity contribution in [2.45, 2.75) is 38.0 Å². The van der Waals surface area contributed by atoms with Crippen LogP contribution in [0.5, 0.6) is 0 Å². The lowest BCUT2D eigenvalue weighted by atomic mass is 10.0. The van der Waals surface area contributed by atoms with Gasteiger partial charge in [-0.2, -0.15) is 4.31 Å². The van der Waals surface area contributed by atoms with Crippen LogP contribution in [-0.2, 0) is 14.8 Å². The largest absolute Gasteiger partial charge is 0.387 e. The lowest BCUT2D eigenvalue weighted by Gasteiger charge is -2.26. The minimum absolute atomic E-state index is 0.000373. The first kappa shape index (κ1) is 26.1. The molecule has 192 valence electrons. The van der Waals surface area contributed by atoms with Crippen LogP contribution in [0.2, 0.25) is 0 Å². The van der Waals surface area contributed by atoms with E-state index in [1.54, 1.807) is 18.2 Å². The van der Waals surface area contributed by atoms with E-state index in [9.17, 15) is 13.2 Å². The highest BCUT2D eigenvalue weighted by Gasteiger charge is 2.26. The number of amidine groups is 1. The Bertz CT molecular complexity index is 1270. The fraction of sp³-hybridized carbons (Fsp3) is 0.407. The number of nitrogens with two attached hydrogens (primary N) is 1. The van der Waals surface area contributed by atoms with Crippen LogP contribution in [0.4, 0.5) is 5.69 Å². The van der Waals surface area contributed by atoms with Crippen LogP contribution in [0.25, 0.3) is 17.2 Å². The number of rotatable bonds is 8. The zero-order chi connectivity index (χ0) is 25.7. The van der Waals surface area contributed by atoms with Gasteiger partial charge in [-0.25, -0.2) is 13.4 Å². The predicted molar refractivity (Wildman–Crippen MR) is 145 cm³/mol. The standard InChI is InChI=1S/C27H35N5O3S/c1-3-12-31(13-4-2)27(33)23-16-22-9-8-21(18-25(22)30-26(28)19-23)20-6-5-7-24(17-20)36(34,35)32-14-10-29-11-15-32/h5-9,16-18,29H,3-4,10-15,19H2,1-2H3,(H2,28,30). The van der Waals surface area contributed by atoms with E-state index >= 15 is 0 Å². The Morgan fingerprint density at radius 2 is 1.75 bits per heavy atom. The molecule has 4 rings (SSSR count). The summed E-state index contributed by atoms with van der Waals surface area (Å²) in [5, 5.41) is 3.18. The Hall–Kier alpha value is -3.01. The van der Waals surface area contributed by atoms with Crippen LogP contribution in [0.3, 0.4) is 0 Å². The molecular formula is C27H35N5O3S. The van der Waals surface area contributed by atoms with Crippen molar-refractivity contribution in [1.82, 2.24) is 14.5 Å². The molecule has 0 atom stereocenters. The summed E-state index contributed by atoms with van der Waals surface area (Å²) in [6.07, 6.45) is 3.97. The second kappa shape index (κ2) is 11.4. The number of nitrogens with one attached hydrogen (secondary N) is 1. The summed E-state index contributed by atoms with van der Waals surface area (Å²) in [4.78, 5) is 20.0. The second-order valence-electron chi connectivity index (χ2n) is 9.20. The summed E-state index contributed by atoms with van der Waals surface area (Å²) in [7, 11) is -3.56. The fourth-order valence-corrected chi connectivity index (χ4v) is 6.12. The number of carbonyl (C=O) groups excluding carboxylic acids is 1. The SMILES string of the molecule is CCCN(CCC)C(=O)C1=Cc2ccc(-c3cccc(S(=O)(=O)N4CCNCC4)c3)cc2N=C(N)C1. The van der Waals surface area contributed by atoms with Gasteiger partial charge in [0.05, 0.1) is 10.6 Å². The van der Waals surface area contributed by atoms with Crippen LogP contribution >= 0.6 is 0 Å². The second-order valence-corrected chi connectivity index (χ2v) is 11.1.